The van der Waals surface area contributed by atoms with Crippen LogP contribution in [0, 0.1) is 13.8 Å². The van der Waals surface area contributed by atoms with E-state index in [0.717, 1.165) is 39.5 Å². The molecule has 27 heavy (non-hydrogen) atoms. The van der Waals surface area contributed by atoms with E-state index >= 15 is 0 Å². The van der Waals surface area contributed by atoms with Gasteiger partial charge in [0.1, 0.15) is 16.2 Å². The van der Waals surface area contributed by atoms with Crippen LogP contribution in [0.5, 0.6) is 0 Å². The molecule has 1 saturated carbocycles. The van der Waals surface area contributed by atoms with Crippen molar-refractivity contribution >= 4 is 45.1 Å². The maximum atomic E-state index is 12.5. The van der Waals surface area contributed by atoms with Crippen molar-refractivity contribution in [1.82, 2.24) is 14.5 Å². The average Bonchev–Trinajstić information content (AvgIpc) is 3.27. The predicted molar refractivity (Wildman–Crippen MR) is 106 cm³/mol. The number of carbonyl (C=O) groups excluding carboxylic acids is 2. The number of hydrogen-bond donors (Lipinski definition) is 0. The normalized spacial score (nSPS) is 13.9. The van der Waals surface area contributed by atoms with Crippen LogP contribution >= 0.6 is 23.1 Å². The second kappa shape index (κ2) is 7.44. The minimum absolute atomic E-state index is 0.107. The van der Waals surface area contributed by atoms with Crippen LogP contribution in [0.3, 0.4) is 0 Å². The zero-order chi connectivity index (χ0) is 19.0. The highest BCUT2D eigenvalue weighted by molar-refractivity contribution is 8.00. The lowest BCUT2D eigenvalue weighted by molar-refractivity contribution is -0.139. The zero-order valence-electron chi connectivity index (χ0n) is 15.1. The van der Waals surface area contributed by atoms with E-state index in [1.807, 2.05) is 31.4 Å². The maximum absolute atomic E-state index is 12.5. The van der Waals surface area contributed by atoms with Gasteiger partial charge in [0.2, 0.25) is 5.78 Å². The maximum Gasteiger partial charge on any atom is 0.316 e. The van der Waals surface area contributed by atoms with Crippen LogP contribution < -0.4 is 0 Å². The Balaban J connectivity index is 1.33. The Morgan fingerprint density at radius 1 is 1.33 bits per heavy atom. The number of aromatic nitrogens is 3. The van der Waals surface area contributed by atoms with Crippen LogP contribution in [0.2, 0.25) is 0 Å². The molecule has 1 aliphatic carbocycles. The molecule has 4 rings (SSSR count). The van der Waals surface area contributed by atoms with Crippen LogP contribution in [0.15, 0.2) is 28.9 Å². The summed E-state index contributed by atoms with van der Waals surface area (Å²) in [4.78, 5) is 33.8. The monoisotopic (exact) mass is 401 g/mol. The Hall–Kier alpha value is -2.19. The third kappa shape index (κ3) is 3.77. The first kappa shape index (κ1) is 18.2. The van der Waals surface area contributed by atoms with Gasteiger partial charge in [-0.25, -0.2) is 9.97 Å². The topological polar surface area (TPSA) is 74.1 Å². The lowest BCUT2D eigenvalue weighted by Crippen LogP contribution is -2.16. The molecule has 3 aromatic heterocycles. The van der Waals surface area contributed by atoms with Crippen molar-refractivity contribution in [2.75, 3.05) is 12.4 Å². The van der Waals surface area contributed by atoms with Crippen molar-refractivity contribution in [2.45, 2.75) is 37.8 Å². The fraction of sp³-hybridized carbons (Fsp3) is 0.368. The Morgan fingerprint density at radius 2 is 2.15 bits per heavy atom. The van der Waals surface area contributed by atoms with Gasteiger partial charge in [-0.3, -0.25) is 9.59 Å². The van der Waals surface area contributed by atoms with E-state index in [2.05, 4.69) is 14.5 Å². The fourth-order valence-electron chi connectivity index (χ4n) is 3.23. The van der Waals surface area contributed by atoms with Crippen molar-refractivity contribution in [3.63, 3.8) is 0 Å². The Labute approximate surface area is 165 Å². The molecule has 0 unspecified atom stereocenters. The van der Waals surface area contributed by atoms with Crippen LogP contribution in [0.1, 0.15) is 40.6 Å². The Kier molecular flexibility index (Phi) is 5.01. The van der Waals surface area contributed by atoms with E-state index in [9.17, 15) is 9.59 Å². The first-order valence-electron chi connectivity index (χ1n) is 8.73. The quantitative estimate of drug-likeness (QED) is 0.258. The number of rotatable bonds is 7. The fourth-order valence-corrected chi connectivity index (χ4v) is 4.81. The second-order valence-corrected chi connectivity index (χ2v) is 8.44. The number of ether oxygens (including phenoxy) is 1. The van der Waals surface area contributed by atoms with Crippen molar-refractivity contribution < 1.29 is 14.3 Å². The molecular weight excluding hydrogens is 382 g/mol. The minimum Gasteiger partial charge on any atom is -0.457 e. The molecule has 140 valence electrons. The van der Waals surface area contributed by atoms with Crippen molar-refractivity contribution in [1.29, 1.82) is 0 Å². The number of esters is 1. The number of carbonyl (C=O) groups is 2. The van der Waals surface area contributed by atoms with Crippen LogP contribution in [-0.4, -0.2) is 38.6 Å². The molecule has 0 N–H and O–H groups in total. The number of hydrogen-bond acceptors (Lipinski definition) is 7. The smallest absolute Gasteiger partial charge is 0.316 e. The molecule has 0 spiro atoms. The van der Waals surface area contributed by atoms with E-state index in [0.29, 0.717) is 11.6 Å². The van der Waals surface area contributed by atoms with E-state index < -0.39 is 5.97 Å². The summed E-state index contributed by atoms with van der Waals surface area (Å²) in [6, 6.07) is 4.35. The number of ketones is 1. The van der Waals surface area contributed by atoms with Crippen LogP contribution in [0.4, 0.5) is 0 Å². The molecule has 3 aromatic rings. The van der Waals surface area contributed by atoms with Crippen LogP contribution in [-0.2, 0) is 9.53 Å². The molecule has 0 atom stereocenters. The predicted octanol–water partition coefficient (Wildman–Crippen LogP) is 3.96. The lowest BCUT2D eigenvalue weighted by Gasteiger charge is -2.08. The van der Waals surface area contributed by atoms with Gasteiger partial charge in [-0.2, -0.15) is 0 Å². The Morgan fingerprint density at radius 3 is 2.93 bits per heavy atom. The van der Waals surface area contributed by atoms with Gasteiger partial charge in [-0.15, -0.1) is 11.3 Å². The summed E-state index contributed by atoms with van der Waals surface area (Å²) < 4.78 is 7.41. The highest BCUT2D eigenvalue weighted by Gasteiger charge is 2.28. The number of fused-ring (bicyclic) bond motifs is 1. The summed E-state index contributed by atoms with van der Waals surface area (Å²) in [5, 5.41) is 3.62. The van der Waals surface area contributed by atoms with Gasteiger partial charge < -0.3 is 9.30 Å². The standard InChI is InChI=1S/C19H19N3O3S2/c1-11-7-15(12(2)22(11)13-3-4-13)16(23)8-25-17(24)9-27-19-14-5-6-26-18(14)20-10-21-19/h5-7,10,13H,3-4,8-9H2,1-2H3. The van der Waals surface area contributed by atoms with E-state index in [-0.39, 0.29) is 18.1 Å². The summed E-state index contributed by atoms with van der Waals surface area (Å²) in [5.74, 6) is -0.474. The van der Waals surface area contributed by atoms with Gasteiger partial charge >= 0.3 is 5.97 Å². The molecule has 0 saturated heterocycles. The van der Waals surface area contributed by atoms with Gasteiger partial charge in [-0.05, 0) is 44.2 Å². The van der Waals surface area contributed by atoms with Gasteiger partial charge in [0, 0.05) is 28.4 Å². The SMILES string of the molecule is Cc1cc(C(=O)COC(=O)CSc2ncnc3sccc23)c(C)n1C1CC1. The molecule has 0 bridgehead atoms. The highest BCUT2D eigenvalue weighted by atomic mass is 32.2. The van der Waals surface area contributed by atoms with Crippen LogP contribution in [0.25, 0.3) is 10.2 Å². The number of nitrogens with zero attached hydrogens (tertiary/aromatic N) is 3. The summed E-state index contributed by atoms with van der Waals surface area (Å²) in [5.41, 5.74) is 2.70. The second-order valence-electron chi connectivity index (χ2n) is 6.58. The van der Waals surface area contributed by atoms with Gasteiger partial charge in [0.05, 0.1) is 5.75 Å². The summed E-state index contributed by atoms with van der Waals surface area (Å²) in [7, 11) is 0. The molecule has 3 heterocycles. The third-order valence-electron chi connectivity index (χ3n) is 4.61. The molecular formula is C19H19N3O3S2. The molecule has 0 aromatic carbocycles. The number of Topliss-reactive ketones (excluding diaryl/α,β-unsaturated/α-hetero) is 1. The third-order valence-corrected chi connectivity index (χ3v) is 6.41. The highest BCUT2D eigenvalue weighted by Crippen LogP contribution is 2.38. The number of aryl methyl sites for hydroxylation is 1. The molecule has 6 nitrogen and oxygen atoms in total. The van der Waals surface area contributed by atoms with Crippen molar-refractivity contribution in [3.05, 3.63) is 40.8 Å². The summed E-state index contributed by atoms with van der Waals surface area (Å²) >= 11 is 2.83. The first-order valence-corrected chi connectivity index (χ1v) is 10.6. The number of thiophene rings is 1. The summed E-state index contributed by atoms with van der Waals surface area (Å²) in [6.07, 6.45) is 3.82. The van der Waals surface area contributed by atoms with Gasteiger partial charge in [-0.1, -0.05) is 11.8 Å². The Bertz CT molecular complexity index is 1020. The molecule has 0 radical (unpaired) electrons. The molecule has 1 aliphatic rings. The minimum atomic E-state index is -0.425. The number of thioether (sulfide) groups is 1. The molecule has 0 amide bonds. The largest absolute Gasteiger partial charge is 0.457 e. The molecule has 8 heteroatoms. The molecule has 0 aliphatic heterocycles. The van der Waals surface area contributed by atoms with Gasteiger partial charge in [0.25, 0.3) is 0 Å². The van der Waals surface area contributed by atoms with Crippen molar-refractivity contribution in [3.8, 4) is 0 Å². The van der Waals surface area contributed by atoms with Gasteiger partial charge in [0.15, 0.2) is 6.61 Å². The first-order chi connectivity index (χ1) is 13.0. The van der Waals surface area contributed by atoms with E-state index in [1.54, 1.807) is 0 Å². The van der Waals surface area contributed by atoms with E-state index in [1.165, 1.54) is 29.4 Å². The summed E-state index contributed by atoms with van der Waals surface area (Å²) in [6.45, 7) is 3.74. The molecule has 1 fully saturated rings. The van der Waals surface area contributed by atoms with Crippen molar-refractivity contribution in [2.24, 2.45) is 0 Å². The lowest BCUT2D eigenvalue weighted by atomic mass is 10.1. The average molecular weight is 402 g/mol. The van der Waals surface area contributed by atoms with E-state index in [4.69, 9.17) is 4.74 Å². The zero-order valence-corrected chi connectivity index (χ0v) is 16.7.